The Balaban J connectivity index is 0.000000845. The van der Waals surface area contributed by atoms with Crippen LogP contribution in [0.1, 0.15) is 13.3 Å². The molecule has 2 saturated heterocycles. The molecule has 0 aliphatic carbocycles. The van der Waals surface area contributed by atoms with Gasteiger partial charge in [0.15, 0.2) is 0 Å². The van der Waals surface area contributed by atoms with Gasteiger partial charge in [-0.2, -0.15) is 0 Å². The van der Waals surface area contributed by atoms with E-state index in [1.807, 2.05) is 6.92 Å². The first kappa shape index (κ1) is 10.8. The maximum atomic E-state index is 11.4. The minimum atomic E-state index is -0.552. The van der Waals surface area contributed by atoms with Gasteiger partial charge in [0.25, 0.3) is 0 Å². The third-order valence-electron chi connectivity index (χ3n) is 2.72. The number of hydrogen-bond donors (Lipinski definition) is 1. The summed E-state index contributed by atoms with van der Waals surface area (Å²) in [4.78, 5) is 11.4. The molecule has 1 N–H and O–H groups in total. The molecule has 0 aromatic heterocycles. The largest absolute Gasteiger partial charge is 0.468 e. The molecule has 5 heteroatoms. The number of carbonyl (C=O) groups is 1. The highest BCUT2D eigenvalue weighted by Gasteiger charge is 2.58. The third kappa shape index (κ3) is 1.43. The summed E-state index contributed by atoms with van der Waals surface area (Å²) in [6, 6.07) is 0. The summed E-state index contributed by atoms with van der Waals surface area (Å²) in [5.74, 6) is -0.205. The van der Waals surface area contributed by atoms with Crippen molar-refractivity contribution in [3.63, 3.8) is 0 Å². The summed E-state index contributed by atoms with van der Waals surface area (Å²) < 4.78 is 10.2. The number of hydrogen-bond acceptors (Lipinski definition) is 4. The van der Waals surface area contributed by atoms with Gasteiger partial charge in [-0.25, -0.2) is 4.79 Å². The molecule has 0 aromatic rings. The Hall–Kier alpha value is -0.320. The maximum Gasteiger partial charge on any atom is 0.328 e. The predicted molar refractivity (Wildman–Crippen MR) is 49.0 cm³/mol. The van der Waals surface area contributed by atoms with Gasteiger partial charge in [-0.15, -0.1) is 12.4 Å². The normalized spacial score (nSPS) is 41.4. The molecule has 0 spiro atoms. The van der Waals surface area contributed by atoms with Gasteiger partial charge in [0, 0.05) is 13.0 Å². The van der Waals surface area contributed by atoms with Crippen LogP contribution >= 0.6 is 12.4 Å². The van der Waals surface area contributed by atoms with Crippen LogP contribution in [0.2, 0.25) is 0 Å². The van der Waals surface area contributed by atoms with E-state index < -0.39 is 5.54 Å². The summed E-state index contributed by atoms with van der Waals surface area (Å²) >= 11 is 0. The Labute approximate surface area is 83.4 Å². The molecular weight excluding hydrogens is 194 g/mol. The van der Waals surface area contributed by atoms with E-state index in [4.69, 9.17) is 9.47 Å². The summed E-state index contributed by atoms with van der Waals surface area (Å²) in [6.45, 7) is 3.19. The van der Waals surface area contributed by atoms with Crippen molar-refractivity contribution in [3.8, 4) is 0 Å². The van der Waals surface area contributed by atoms with Crippen LogP contribution in [0.4, 0.5) is 0 Å². The van der Waals surface area contributed by atoms with E-state index in [0.717, 1.165) is 13.0 Å². The first-order valence-corrected chi connectivity index (χ1v) is 4.08. The lowest BCUT2D eigenvalue weighted by molar-refractivity contribution is -0.149. The summed E-state index contributed by atoms with van der Waals surface area (Å²) in [7, 11) is 1.41. The predicted octanol–water partition coefficient (Wildman–Crippen LogP) is 0.102. The number of fused-ring (bicyclic) bond motifs is 2. The zero-order chi connectivity index (χ0) is 8.82. The fraction of sp³-hybridized carbons (Fsp3) is 0.875. The van der Waals surface area contributed by atoms with E-state index in [2.05, 4.69) is 5.32 Å². The zero-order valence-corrected chi connectivity index (χ0v) is 8.57. The third-order valence-corrected chi connectivity index (χ3v) is 2.72. The minimum Gasteiger partial charge on any atom is -0.468 e. The highest BCUT2D eigenvalue weighted by Crippen LogP contribution is 2.38. The van der Waals surface area contributed by atoms with Crippen LogP contribution in [0.3, 0.4) is 0 Å². The van der Waals surface area contributed by atoms with Crippen LogP contribution in [0.25, 0.3) is 0 Å². The zero-order valence-electron chi connectivity index (χ0n) is 7.75. The quantitative estimate of drug-likeness (QED) is 0.620. The lowest BCUT2D eigenvalue weighted by Crippen LogP contribution is -2.52. The molecular formula is C8H14ClNO3. The molecule has 0 aromatic carbocycles. The van der Waals surface area contributed by atoms with Gasteiger partial charge in [0.1, 0.15) is 5.54 Å². The second kappa shape index (κ2) is 3.12. The van der Waals surface area contributed by atoms with Gasteiger partial charge >= 0.3 is 5.97 Å². The van der Waals surface area contributed by atoms with E-state index in [9.17, 15) is 4.79 Å². The molecule has 2 fully saturated rings. The standard InChI is InChI=1S/C8H13NO3.ClH/c1-7-3-8(5-12-7,9-4-7)6(10)11-2;/h9H,3-5H2,1-2H3;1H. The Kier molecular flexibility index (Phi) is 2.58. The number of morpholine rings is 1. The minimum absolute atomic E-state index is 0. The number of halogens is 1. The average Bonchev–Trinajstić information content (AvgIpc) is 2.57. The second-order valence-electron chi connectivity index (χ2n) is 3.84. The van der Waals surface area contributed by atoms with Crippen molar-refractivity contribution in [3.05, 3.63) is 0 Å². The van der Waals surface area contributed by atoms with E-state index >= 15 is 0 Å². The smallest absolute Gasteiger partial charge is 0.328 e. The molecule has 2 unspecified atom stereocenters. The Bertz CT molecular complexity index is 223. The number of rotatable bonds is 1. The van der Waals surface area contributed by atoms with Crippen molar-refractivity contribution < 1.29 is 14.3 Å². The Morgan fingerprint density at radius 1 is 1.62 bits per heavy atom. The van der Waals surface area contributed by atoms with E-state index in [1.54, 1.807) is 0 Å². The summed E-state index contributed by atoms with van der Waals surface area (Å²) in [5, 5.41) is 3.16. The molecule has 0 radical (unpaired) electrons. The molecule has 2 heterocycles. The van der Waals surface area contributed by atoms with E-state index in [-0.39, 0.29) is 24.0 Å². The van der Waals surface area contributed by atoms with Gasteiger partial charge in [-0.05, 0) is 6.92 Å². The van der Waals surface area contributed by atoms with Crippen LogP contribution in [-0.2, 0) is 14.3 Å². The van der Waals surface area contributed by atoms with Gasteiger partial charge in [0.2, 0.25) is 0 Å². The van der Waals surface area contributed by atoms with Crippen molar-refractivity contribution >= 4 is 18.4 Å². The number of carbonyl (C=O) groups excluding carboxylic acids is 1. The highest BCUT2D eigenvalue weighted by atomic mass is 35.5. The monoisotopic (exact) mass is 207 g/mol. The topological polar surface area (TPSA) is 47.6 Å². The Morgan fingerprint density at radius 2 is 2.31 bits per heavy atom. The van der Waals surface area contributed by atoms with Crippen LogP contribution in [-0.4, -0.2) is 37.4 Å². The van der Waals surface area contributed by atoms with Crippen molar-refractivity contribution in [2.75, 3.05) is 20.3 Å². The molecule has 2 bridgehead atoms. The number of esters is 1. The SMILES string of the molecule is COC(=O)C12COC(C)(CN1)C2.Cl. The fourth-order valence-corrected chi connectivity index (χ4v) is 2.02. The molecule has 2 aliphatic heterocycles. The Morgan fingerprint density at radius 3 is 2.62 bits per heavy atom. The van der Waals surface area contributed by atoms with Gasteiger partial charge in [-0.1, -0.05) is 0 Å². The molecule has 13 heavy (non-hydrogen) atoms. The van der Waals surface area contributed by atoms with Gasteiger partial charge < -0.3 is 9.47 Å². The summed E-state index contributed by atoms with van der Waals surface area (Å²) in [6.07, 6.45) is 0.729. The first-order valence-electron chi connectivity index (χ1n) is 4.08. The maximum absolute atomic E-state index is 11.4. The van der Waals surface area contributed by atoms with Crippen LogP contribution in [0.15, 0.2) is 0 Å². The van der Waals surface area contributed by atoms with Gasteiger partial charge in [0.05, 0.1) is 19.3 Å². The van der Waals surface area contributed by atoms with E-state index in [0.29, 0.717) is 6.61 Å². The lowest BCUT2D eigenvalue weighted by atomic mass is 9.96. The molecule has 76 valence electrons. The average molecular weight is 208 g/mol. The van der Waals surface area contributed by atoms with Crippen molar-refractivity contribution in [1.82, 2.24) is 5.32 Å². The highest BCUT2D eigenvalue weighted by molar-refractivity contribution is 5.85. The van der Waals surface area contributed by atoms with Crippen molar-refractivity contribution in [2.45, 2.75) is 24.5 Å². The summed E-state index contributed by atoms with van der Waals surface area (Å²) in [5.41, 5.74) is -0.711. The van der Waals surface area contributed by atoms with Crippen molar-refractivity contribution in [2.24, 2.45) is 0 Å². The van der Waals surface area contributed by atoms with Crippen LogP contribution in [0.5, 0.6) is 0 Å². The fourth-order valence-electron chi connectivity index (χ4n) is 2.02. The van der Waals surface area contributed by atoms with Crippen LogP contribution < -0.4 is 5.32 Å². The number of nitrogens with one attached hydrogen (secondary N) is 1. The molecule has 2 aliphatic rings. The molecule has 2 rings (SSSR count). The molecule has 0 amide bonds. The molecule has 4 nitrogen and oxygen atoms in total. The van der Waals surface area contributed by atoms with E-state index in [1.165, 1.54) is 7.11 Å². The molecule has 0 saturated carbocycles. The number of ether oxygens (including phenoxy) is 2. The lowest BCUT2D eigenvalue weighted by Gasteiger charge is -2.25. The first-order chi connectivity index (χ1) is 5.60. The van der Waals surface area contributed by atoms with Gasteiger partial charge in [-0.3, -0.25) is 5.32 Å². The molecule has 2 atom stereocenters. The number of methoxy groups -OCH3 is 1. The second-order valence-corrected chi connectivity index (χ2v) is 3.84. The van der Waals surface area contributed by atoms with Crippen LogP contribution in [0, 0.1) is 0 Å². The van der Waals surface area contributed by atoms with Crippen molar-refractivity contribution in [1.29, 1.82) is 0 Å².